The Kier molecular flexibility index (Phi) is 6.10. The molecule has 0 spiro atoms. The lowest BCUT2D eigenvalue weighted by atomic mass is 10.2. The molecule has 100 valence electrons. The number of hydrogen-bond donors (Lipinski definition) is 2. The predicted molar refractivity (Wildman–Crippen MR) is 66.4 cm³/mol. The SMILES string of the molecule is C1CN2CCN1CC2.O=C(O)/C=C/C=C/C(=O)O. The van der Waals surface area contributed by atoms with Crippen LogP contribution in [0.25, 0.3) is 0 Å². The van der Waals surface area contributed by atoms with Crippen molar-refractivity contribution in [2.45, 2.75) is 0 Å². The van der Waals surface area contributed by atoms with Gasteiger partial charge in [0.1, 0.15) is 0 Å². The minimum absolute atomic E-state index is 0.847. The summed E-state index contributed by atoms with van der Waals surface area (Å²) in [5, 5.41) is 16.0. The average Bonchev–Trinajstić information content (AvgIpc) is 2.37. The molecule has 0 unspecified atom stereocenters. The Morgan fingerprint density at radius 3 is 1.17 bits per heavy atom. The molecule has 6 nitrogen and oxygen atoms in total. The Hall–Kier alpha value is -1.66. The number of allylic oxidation sites excluding steroid dienone is 2. The monoisotopic (exact) mass is 254 g/mol. The van der Waals surface area contributed by atoms with E-state index in [2.05, 4.69) is 9.80 Å². The van der Waals surface area contributed by atoms with Crippen LogP contribution in [-0.2, 0) is 9.59 Å². The summed E-state index contributed by atoms with van der Waals surface area (Å²) in [6.07, 6.45) is 3.96. The van der Waals surface area contributed by atoms with E-state index in [1.165, 1.54) is 39.3 Å². The van der Waals surface area contributed by atoms with Gasteiger partial charge in [0.2, 0.25) is 0 Å². The lowest BCUT2D eigenvalue weighted by Gasteiger charge is -2.41. The van der Waals surface area contributed by atoms with E-state index < -0.39 is 11.9 Å². The van der Waals surface area contributed by atoms with Crippen LogP contribution in [0.2, 0.25) is 0 Å². The highest BCUT2D eigenvalue weighted by Crippen LogP contribution is 2.06. The molecule has 6 heteroatoms. The third-order valence-electron chi connectivity index (χ3n) is 2.79. The molecule has 0 aromatic rings. The summed E-state index contributed by atoms with van der Waals surface area (Å²) < 4.78 is 0. The van der Waals surface area contributed by atoms with Crippen molar-refractivity contribution in [2.24, 2.45) is 0 Å². The van der Waals surface area contributed by atoms with Crippen molar-refractivity contribution < 1.29 is 19.8 Å². The standard InChI is InChI=1S/C6H12N2.C6H6O4/c1-2-8-5-3-7(1)4-6-8;7-5(8)3-1-2-4-6(9)10/h1-6H2;1-4H,(H,7,8)(H,9,10)/b;3-1+,4-2+. The van der Waals surface area contributed by atoms with Gasteiger partial charge in [-0.3, -0.25) is 9.80 Å². The number of hydrogen-bond acceptors (Lipinski definition) is 4. The first-order valence-electron chi connectivity index (χ1n) is 5.83. The predicted octanol–water partition coefficient (Wildman–Crippen LogP) is -0.114. The Bertz CT molecular complexity index is 299. The van der Waals surface area contributed by atoms with E-state index in [-0.39, 0.29) is 0 Å². The molecule has 3 aliphatic rings. The second kappa shape index (κ2) is 7.62. The number of carboxylic acid groups (broad SMARTS) is 2. The van der Waals surface area contributed by atoms with E-state index in [0.717, 1.165) is 24.3 Å². The van der Waals surface area contributed by atoms with Crippen LogP contribution in [0.1, 0.15) is 0 Å². The van der Waals surface area contributed by atoms with Crippen LogP contribution in [0.15, 0.2) is 24.3 Å². The second-order valence-corrected chi connectivity index (χ2v) is 4.08. The van der Waals surface area contributed by atoms with Crippen LogP contribution in [0.3, 0.4) is 0 Å². The summed E-state index contributed by atoms with van der Waals surface area (Å²) in [6.45, 7) is 7.92. The number of aliphatic carboxylic acids is 2. The maximum Gasteiger partial charge on any atom is 0.328 e. The number of rotatable bonds is 3. The molecule has 0 saturated carbocycles. The highest BCUT2D eigenvalue weighted by Gasteiger charge is 2.21. The van der Waals surface area contributed by atoms with Crippen molar-refractivity contribution >= 4 is 11.9 Å². The Morgan fingerprint density at radius 1 is 0.722 bits per heavy atom. The van der Waals surface area contributed by atoms with Crippen molar-refractivity contribution in [2.75, 3.05) is 39.3 Å². The fraction of sp³-hybridized carbons (Fsp3) is 0.500. The molecule has 3 fully saturated rings. The molecule has 0 aromatic carbocycles. The first-order valence-corrected chi connectivity index (χ1v) is 5.83. The van der Waals surface area contributed by atoms with Crippen LogP contribution in [0, 0.1) is 0 Å². The lowest BCUT2D eigenvalue weighted by molar-refractivity contribution is -0.132. The first-order chi connectivity index (χ1) is 8.58. The quantitative estimate of drug-likeness (QED) is 0.540. The van der Waals surface area contributed by atoms with Gasteiger partial charge in [-0.25, -0.2) is 9.59 Å². The van der Waals surface area contributed by atoms with E-state index in [1.54, 1.807) is 0 Å². The van der Waals surface area contributed by atoms with Crippen LogP contribution in [0.4, 0.5) is 0 Å². The highest BCUT2D eigenvalue weighted by molar-refractivity contribution is 5.82. The number of carboxylic acids is 2. The Labute approximate surface area is 106 Å². The van der Waals surface area contributed by atoms with Crippen molar-refractivity contribution in [1.82, 2.24) is 9.80 Å². The van der Waals surface area contributed by atoms with Gasteiger partial charge in [0.05, 0.1) is 0 Å². The number of fused-ring (bicyclic) bond motifs is 3. The normalized spacial score (nSPS) is 26.0. The highest BCUT2D eigenvalue weighted by atomic mass is 16.4. The van der Waals surface area contributed by atoms with Crippen molar-refractivity contribution in [1.29, 1.82) is 0 Å². The minimum atomic E-state index is -1.10. The van der Waals surface area contributed by atoms with Gasteiger partial charge in [0.25, 0.3) is 0 Å². The van der Waals surface area contributed by atoms with Gasteiger partial charge >= 0.3 is 11.9 Å². The van der Waals surface area contributed by atoms with E-state index in [1.807, 2.05) is 0 Å². The molecule has 3 heterocycles. The number of carbonyl (C=O) groups is 2. The minimum Gasteiger partial charge on any atom is -0.478 e. The smallest absolute Gasteiger partial charge is 0.328 e. The van der Waals surface area contributed by atoms with Crippen molar-refractivity contribution in [3.05, 3.63) is 24.3 Å². The Morgan fingerprint density at radius 2 is 1.00 bits per heavy atom. The molecule has 2 N–H and O–H groups in total. The van der Waals surface area contributed by atoms with Gasteiger partial charge in [-0.2, -0.15) is 0 Å². The second-order valence-electron chi connectivity index (χ2n) is 4.08. The molecule has 0 aliphatic carbocycles. The summed E-state index contributed by atoms with van der Waals surface area (Å²) in [5.41, 5.74) is 0. The molecule has 2 bridgehead atoms. The molecular weight excluding hydrogens is 236 g/mol. The summed E-state index contributed by atoms with van der Waals surface area (Å²) in [6, 6.07) is 0. The molecule has 0 radical (unpaired) electrons. The van der Waals surface area contributed by atoms with Gasteiger partial charge in [-0.1, -0.05) is 12.2 Å². The van der Waals surface area contributed by atoms with Crippen molar-refractivity contribution in [3.63, 3.8) is 0 Å². The summed E-state index contributed by atoms with van der Waals surface area (Å²) in [5.74, 6) is -2.20. The zero-order valence-corrected chi connectivity index (χ0v) is 10.2. The molecule has 18 heavy (non-hydrogen) atoms. The van der Waals surface area contributed by atoms with Crippen LogP contribution >= 0.6 is 0 Å². The molecule has 0 amide bonds. The largest absolute Gasteiger partial charge is 0.478 e. The van der Waals surface area contributed by atoms with Gasteiger partial charge < -0.3 is 10.2 Å². The van der Waals surface area contributed by atoms with Crippen LogP contribution in [-0.4, -0.2) is 71.2 Å². The van der Waals surface area contributed by atoms with E-state index in [9.17, 15) is 9.59 Å². The fourth-order valence-electron chi connectivity index (χ4n) is 1.80. The molecule has 3 saturated heterocycles. The molecule has 3 aliphatic heterocycles. The first kappa shape index (κ1) is 14.4. The van der Waals surface area contributed by atoms with Crippen LogP contribution < -0.4 is 0 Å². The topological polar surface area (TPSA) is 81.1 Å². The zero-order chi connectivity index (χ0) is 13.4. The number of piperazine rings is 3. The number of nitrogens with zero attached hydrogens (tertiary/aromatic N) is 2. The summed E-state index contributed by atoms with van der Waals surface area (Å²) >= 11 is 0. The summed E-state index contributed by atoms with van der Waals surface area (Å²) in [7, 11) is 0. The Balaban J connectivity index is 0.000000182. The summed E-state index contributed by atoms with van der Waals surface area (Å²) in [4.78, 5) is 24.6. The van der Waals surface area contributed by atoms with Gasteiger partial charge in [0.15, 0.2) is 0 Å². The zero-order valence-electron chi connectivity index (χ0n) is 10.2. The lowest BCUT2D eigenvalue weighted by Crippen LogP contribution is -2.55. The van der Waals surface area contributed by atoms with E-state index in [0.29, 0.717) is 0 Å². The maximum atomic E-state index is 9.78. The van der Waals surface area contributed by atoms with Gasteiger partial charge in [0, 0.05) is 51.4 Å². The van der Waals surface area contributed by atoms with Crippen LogP contribution in [0.5, 0.6) is 0 Å². The molecule has 3 rings (SSSR count). The average molecular weight is 254 g/mol. The molecule has 0 aromatic heterocycles. The van der Waals surface area contributed by atoms with E-state index in [4.69, 9.17) is 10.2 Å². The molecule has 0 atom stereocenters. The van der Waals surface area contributed by atoms with E-state index >= 15 is 0 Å². The third-order valence-corrected chi connectivity index (χ3v) is 2.79. The fourth-order valence-corrected chi connectivity index (χ4v) is 1.80. The maximum absolute atomic E-state index is 9.78. The third kappa shape index (κ3) is 6.17. The van der Waals surface area contributed by atoms with Crippen molar-refractivity contribution in [3.8, 4) is 0 Å². The molecular formula is C12H18N2O4. The van der Waals surface area contributed by atoms with Gasteiger partial charge in [-0.15, -0.1) is 0 Å². The van der Waals surface area contributed by atoms with Gasteiger partial charge in [-0.05, 0) is 0 Å².